The Bertz CT molecular complexity index is 1130. The van der Waals surface area contributed by atoms with E-state index in [0.29, 0.717) is 37.3 Å². The lowest BCUT2D eigenvalue weighted by Crippen LogP contribution is -2.46. The third-order valence-electron chi connectivity index (χ3n) is 7.17. The monoisotopic (exact) mass is 494 g/mol. The number of piperidine rings is 1. The number of nitrogens with one attached hydrogen (secondary N) is 1. The van der Waals surface area contributed by atoms with Crippen LogP contribution in [0.25, 0.3) is 11.1 Å². The molecule has 0 spiro atoms. The number of nitrogens with zero attached hydrogens (tertiary/aromatic N) is 3. The summed E-state index contributed by atoms with van der Waals surface area (Å²) >= 11 is 0. The van der Waals surface area contributed by atoms with Crippen molar-refractivity contribution in [2.75, 3.05) is 65.1 Å². The van der Waals surface area contributed by atoms with Crippen LogP contribution < -0.4 is 19.7 Å². The normalized spacial score (nSPS) is 18.2. The molecular formula is C27H34N4O5. The Hall–Kier alpha value is -3.30. The number of benzene rings is 2. The number of anilines is 1. The van der Waals surface area contributed by atoms with E-state index in [-0.39, 0.29) is 17.9 Å². The van der Waals surface area contributed by atoms with Gasteiger partial charge in [0.2, 0.25) is 5.91 Å². The van der Waals surface area contributed by atoms with Crippen LogP contribution in [-0.2, 0) is 9.53 Å². The van der Waals surface area contributed by atoms with Crippen LogP contribution in [0.3, 0.4) is 0 Å². The van der Waals surface area contributed by atoms with Gasteiger partial charge in [-0.3, -0.25) is 9.69 Å². The molecule has 1 atom stereocenters. The molecule has 36 heavy (non-hydrogen) atoms. The van der Waals surface area contributed by atoms with Crippen LogP contribution >= 0.6 is 0 Å². The first-order chi connectivity index (χ1) is 17.7. The van der Waals surface area contributed by atoms with Crippen molar-refractivity contribution in [3.05, 3.63) is 48.0 Å². The van der Waals surface area contributed by atoms with Crippen LogP contribution in [0.15, 0.2) is 46.9 Å². The van der Waals surface area contributed by atoms with Crippen LogP contribution in [0.5, 0.6) is 11.5 Å². The van der Waals surface area contributed by atoms with Gasteiger partial charge in [-0.05, 0) is 42.7 Å². The minimum absolute atomic E-state index is 0.0255. The fourth-order valence-electron chi connectivity index (χ4n) is 5.08. The van der Waals surface area contributed by atoms with Gasteiger partial charge in [0.05, 0.1) is 33.5 Å². The van der Waals surface area contributed by atoms with E-state index < -0.39 is 0 Å². The number of methoxy groups -OCH3 is 2. The molecule has 3 heterocycles. The standard InChI is InChI=1S/C27H34N4O5/c1-33-24-8-7-20(17-25(24)34-2)22(30-13-15-35-16-14-30)18-28-26(32)19-9-11-31(12-10-19)27-29-21-5-3-4-6-23(21)36-27/h3-8,17,19,22H,9-16,18H2,1-2H3,(H,28,32). The van der Waals surface area contributed by atoms with E-state index in [2.05, 4.69) is 20.1 Å². The molecule has 192 valence electrons. The van der Waals surface area contributed by atoms with Gasteiger partial charge in [0, 0.05) is 38.6 Å². The number of carbonyl (C=O) groups excluding carboxylic acids is 1. The summed E-state index contributed by atoms with van der Waals surface area (Å²) in [6, 6.07) is 14.4. The maximum Gasteiger partial charge on any atom is 0.298 e. The quantitative estimate of drug-likeness (QED) is 0.511. The van der Waals surface area contributed by atoms with Crippen molar-refractivity contribution in [1.29, 1.82) is 0 Å². The molecule has 2 aromatic carbocycles. The molecule has 1 N–H and O–H groups in total. The Morgan fingerprint density at radius 2 is 1.81 bits per heavy atom. The zero-order chi connectivity index (χ0) is 24.9. The molecule has 0 radical (unpaired) electrons. The first-order valence-corrected chi connectivity index (χ1v) is 12.6. The lowest BCUT2D eigenvalue weighted by atomic mass is 9.95. The first kappa shape index (κ1) is 24.4. The average molecular weight is 495 g/mol. The summed E-state index contributed by atoms with van der Waals surface area (Å²) in [6.07, 6.45) is 1.53. The van der Waals surface area contributed by atoms with E-state index in [4.69, 9.17) is 18.6 Å². The Morgan fingerprint density at radius 3 is 2.53 bits per heavy atom. The fourth-order valence-corrected chi connectivity index (χ4v) is 5.08. The van der Waals surface area contributed by atoms with E-state index in [1.54, 1.807) is 14.2 Å². The van der Waals surface area contributed by atoms with Crippen LogP contribution in [0.1, 0.15) is 24.4 Å². The number of para-hydroxylation sites is 2. The number of hydrogen-bond acceptors (Lipinski definition) is 8. The molecule has 9 nitrogen and oxygen atoms in total. The minimum Gasteiger partial charge on any atom is -0.493 e. The highest BCUT2D eigenvalue weighted by Crippen LogP contribution is 2.32. The highest BCUT2D eigenvalue weighted by molar-refractivity contribution is 5.79. The number of amides is 1. The van der Waals surface area contributed by atoms with Crippen molar-refractivity contribution >= 4 is 23.0 Å². The zero-order valence-electron chi connectivity index (χ0n) is 20.9. The molecule has 1 amide bonds. The number of fused-ring (bicyclic) bond motifs is 1. The maximum absolute atomic E-state index is 13.2. The Morgan fingerprint density at radius 1 is 1.06 bits per heavy atom. The number of oxazole rings is 1. The van der Waals surface area contributed by atoms with Gasteiger partial charge >= 0.3 is 0 Å². The number of aromatic nitrogens is 1. The molecule has 2 aliphatic rings. The molecule has 0 saturated carbocycles. The van der Waals surface area contributed by atoms with Crippen molar-refractivity contribution < 1.29 is 23.4 Å². The summed E-state index contributed by atoms with van der Waals surface area (Å²) in [4.78, 5) is 22.3. The topological polar surface area (TPSA) is 89.3 Å². The SMILES string of the molecule is COc1ccc(C(CNC(=O)C2CCN(c3nc4ccccc4o3)CC2)N2CCOCC2)cc1OC. The van der Waals surface area contributed by atoms with E-state index in [0.717, 1.165) is 55.7 Å². The van der Waals surface area contributed by atoms with Gasteiger partial charge in [-0.25, -0.2) is 0 Å². The Balaban J connectivity index is 1.21. The van der Waals surface area contributed by atoms with Gasteiger partial charge < -0.3 is 28.8 Å². The highest BCUT2D eigenvalue weighted by atomic mass is 16.5. The predicted molar refractivity (Wildman–Crippen MR) is 137 cm³/mol. The van der Waals surface area contributed by atoms with Crippen molar-refractivity contribution in [3.63, 3.8) is 0 Å². The molecule has 0 aliphatic carbocycles. The third kappa shape index (κ3) is 5.27. The minimum atomic E-state index is -0.0265. The van der Waals surface area contributed by atoms with Gasteiger partial charge in [0.25, 0.3) is 6.01 Å². The number of rotatable bonds is 8. The lowest BCUT2D eigenvalue weighted by Gasteiger charge is -2.36. The number of morpholine rings is 1. The molecule has 2 saturated heterocycles. The summed E-state index contributed by atoms with van der Waals surface area (Å²) < 4.78 is 22.4. The molecule has 9 heteroatoms. The second kappa shape index (κ2) is 11.2. The molecular weight excluding hydrogens is 460 g/mol. The van der Waals surface area contributed by atoms with Crippen LogP contribution in [0, 0.1) is 5.92 Å². The summed E-state index contributed by atoms with van der Waals surface area (Å²) in [5, 5.41) is 3.24. The van der Waals surface area contributed by atoms with Gasteiger partial charge in [-0.1, -0.05) is 18.2 Å². The van der Waals surface area contributed by atoms with Crippen molar-refractivity contribution in [1.82, 2.24) is 15.2 Å². The van der Waals surface area contributed by atoms with E-state index in [9.17, 15) is 4.79 Å². The largest absolute Gasteiger partial charge is 0.493 e. The van der Waals surface area contributed by atoms with Gasteiger partial charge in [0.15, 0.2) is 17.1 Å². The fraction of sp³-hybridized carbons (Fsp3) is 0.481. The molecule has 2 fully saturated rings. The van der Waals surface area contributed by atoms with E-state index >= 15 is 0 Å². The van der Waals surface area contributed by atoms with Crippen molar-refractivity contribution in [2.24, 2.45) is 5.92 Å². The smallest absolute Gasteiger partial charge is 0.298 e. The van der Waals surface area contributed by atoms with Gasteiger partial charge in [-0.15, -0.1) is 0 Å². The van der Waals surface area contributed by atoms with Gasteiger partial charge in [0.1, 0.15) is 5.52 Å². The van der Waals surface area contributed by atoms with Crippen LogP contribution in [0.4, 0.5) is 6.01 Å². The summed E-state index contributed by atoms with van der Waals surface area (Å²) in [7, 11) is 3.27. The second-order valence-electron chi connectivity index (χ2n) is 9.25. The maximum atomic E-state index is 13.2. The number of hydrogen-bond donors (Lipinski definition) is 1. The third-order valence-corrected chi connectivity index (χ3v) is 7.17. The van der Waals surface area contributed by atoms with Crippen LogP contribution in [0.2, 0.25) is 0 Å². The second-order valence-corrected chi connectivity index (χ2v) is 9.25. The summed E-state index contributed by atoms with van der Waals surface area (Å²) in [5.41, 5.74) is 2.73. The zero-order valence-corrected chi connectivity index (χ0v) is 20.9. The van der Waals surface area contributed by atoms with E-state index in [1.807, 2.05) is 42.5 Å². The van der Waals surface area contributed by atoms with Crippen LogP contribution in [-0.4, -0.2) is 75.9 Å². The predicted octanol–water partition coefficient (Wildman–Crippen LogP) is 3.25. The molecule has 1 aromatic heterocycles. The van der Waals surface area contributed by atoms with Gasteiger partial charge in [-0.2, -0.15) is 4.98 Å². The summed E-state index contributed by atoms with van der Waals surface area (Å²) in [6.45, 7) is 5.02. The number of ether oxygens (including phenoxy) is 3. The van der Waals surface area contributed by atoms with E-state index in [1.165, 1.54) is 0 Å². The lowest BCUT2D eigenvalue weighted by molar-refractivity contribution is -0.126. The van der Waals surface area contributed by atoms with Crippen molar-refractivity contribution in [2.45, 2.75) is 18.9 Å². The highest BCUT2D eigenvalue weighted by Gasteiger charge is 2.29. The molecule has 2 aliphatic heterocycles. The number of carbonyl (C=O) groups is 1. The Kier molecular flexibility index (Phi) is 7.58. The molecule has 1 unspecified atom stereocenters. The molecule has 5 rings (SSSR count). The Labute approximate surface area is 211 Å². The molecule has 0 bridgehead atoms. The summed E-state index contributed by atoms with van der Waals surface area (Å²) in [5.74, 6) is 1.45. The first-order valence-electron chi connectivity index (χ1n) is 12.6. The van der Waals surface area contributed by atoms with Crippen molar-refractivity contribution in [3.8, 4) is 11.5 Å². The molecule has 3 aromatic rings. The average Bonchev–Trinajstić information content (AvgIpc) is 3.38.